The molecule has 0 aromatic heterocycles. The van der Waals surface area contributed by atoms with Gasteiger partial charge in [0.25, 0.3) is 0 Å². The minimum Gasteiger partial charge on any atom is -0.398 e. The Kier molecular flexibility index (Phi) is 5.05. The Hall–Kier alpha value is -1.47. The van der Waals surface area contributed by atoms with Crippen LogP contribution in [0.1, 0.15) is 24.5 Å². The number of halogens is 1. The Morgan fingerprint density at radius 3 is 2.88 bits per heavy atom. The van der Waals surface area contributed by atoms with Crippen molar-refractivity contribution in [3.8, 4) is 11.8 Å². The van der Waals surface area contributed by atoms with Gasteiger partial charge in [-0.05, 0) is 24.6 Å². The van der Waals surface area contributed by atoms with Crippen LogP contribution in [0.2, 0.25) is 0 Å². The van der Waals surface area contributed by atoms with Gasteiger partial charge in [0, 0.05) is 24.8 Å². The second kappa shape index (κ2) is 6.31. The van der Waals surface area contributed by atoms with E-state index in [4.69, 9.17) is 5.73 Å². The molecule has 0 radical (unpaired) electrons. The molecule has 0 saturated carbocycles. The second-order valence-corrected chi connectivity index (χ2v) is 4.85. The first-order chi connectivity index (χ1) is 8.00. The predicted octanol–water partition coefficient (Wildman–Crippen LogP) is 2.74. The van der Waals surface area contributed by atoms with Gasteiger partial charge in [-0.1, -0.05) is 23.6 Å². The summed E-state index contributed by atoms with van der Waals surface area (Å²) in [4.78, 5) is 10.7. The zero-order valence-electron chi connectivity index (χ0n) is 9.84. The van der Waals surface area contributed by atoms with E-state index in [2.05, 4.69) is 11.8 Å². The lowest BCUT2D eigenvalue weighted by atomic mass is 10.1. The van der Waals surface area contributed by atoms with E-state index in [1.54, 1.807) is 6.07 Å². The van der Waals surface area contributed by atoms with Gasteiger partial charge < -0.3 is 5.73 Å². The normalized spacial score (nSPS) is 9.59. The third kappa shape index (κ3) is 4.49. The molecule has 0 heterocycles. The number of anilines is 1. The maximum atomic E-state index is 13.4. The molecule has 0 saturated heterocycles. The van der Waals surface area contributed by atoms with Crippen LogP contribution in [0.3, 0.4) is 0 Å². The molecule has 2 nitrogen and oxygen atoms in total. The number of hydrogen-bond donors (Lipinski definition) is 1. The third-order valence-electron chi connectivity index (χ3n) is 2.11. The average molecular weight is 251 g/mol. The molecule has 0 atom stereocenters. The molecular formula is C13H14FNOS. The standard InChI is InChI=1S/C13H14FNOS/c1-9-7-11(12(14)8-13(9)15)5-3-4-6-17-10(2)16/h7-8H,4,6,15H2,1-2H3. The quantitative estimate of drug-likeness (QED) is 0.499. The number of hydrogen-bond acceptors (Lipinski definition) is 3. The van der Waals surface area contributed by atoms with Gasteiger partial charge in [-0.2, -0.15) is 0 Å². The highest BCUT2D eigenvalue weighted by Crippen LogP contribution is 2.16. The first kappa shape index (κ1) is 13.6. The number of thioether (sulfide) groups is 1. The Bertz CT molecular complexity index is 488. The number of rotatable bonds is 2. The summed E-state index contributed by atoms with van der Waals surface area (Å²) in [5.41, 5.74) is 7.17. The van der Waals surface area contributed by atoms with Crippen molar-refractivity contribution in [1.29, 1.82) is 0 Å². The van der Waals surface area contributed by atoms with Crippen molar-refractivity contribution < 1.29 is 9.18 Å². The van der Waals surface area contributed by atoms with Crippen molar-refractivity contribution in [2.75, 3.05) is 11.5 Å². The van der Waals surface area contributed by atoms with Gasteiger partial charge in [0.1, 0.15) is 5.82 Å². The van der Waals surface area contributed by atoms with Crippen LogP contribution in [0.15, 0.2) is 12.1 Å². The van der Waals surface area contributed by atoms with Crippen molar-refractivity contribution in [3.63, 3.8) is 0 Å². The monoisotopic (exact) mass is 251 g/mol. The van der Waals surface area contributed by atoms with E-state index in [0.29, 0.717) is 23.4 Å². The summed E-state index contributed by atoms with van der Waals surface area (Å²) in [5.74, 6) is 5.82. The summed E-state index contributed by atoms with van der Waals surface area (Å²) in [5, 5.41) is 0.0707. The molecule has 0 aliphatic carbocycles. The van der Waals surface area contributed by atoms with E-state index >= 15 is 0 Å². The van der Waals surface area contributed by atoms with Crippen LogP contribution in [0.25, 0.3) is 0 Å². The van der Waals surface area contributed by atoms with Crippen molar-refractivity contribution >= 4 is 22.6 Å². The fraction of sp³-hybridized carbons (Fsp3) is 0.308. The van der Waals surface area contributed by atoms with Crippen LogP contribution in [0.4, 0.5) is 10.1 Å². The summed E-state index contributed by atoms with van der Waals surface area (Å²) in [6, 6.07) is 2.92. The number of nitrogen functional groups attached to an aromatic ring is 1. The van der Waals surface area contributed by atoms with Gasteiger partial charge in [0.2, 0.25) is 0 Å². The topological polar surface area (TPSA) is 43.1 Å². The molecule has 0 aliphatic heterocycles. The predicted molar refractivity (Wildman–Crippen MR) is 70.2 cm³/mol. The van der Waals surface area contributed by atoms with Crippen molar-refractivity contribution in [1.82, 2.24) is 0 Å². The highest BCUT2D eigenvalue weighted by molar-refractivity contribution is 8.13. The molecular weight excluding hydrogens is 237 g/mol. The molecule has 2 N–H and O–H groups in total. The van der Waals surface area contributed by atoms with Crippen LogP contribution in [0, 0.1) is 24.6 Å². The van der Waals surface area contributed by atoms with Gasteiger partial charge in [-0.3, -0.25) is 4.79 Å². The molecule has 4 heteroatoms. The van der Waals surface area contributed by atoms with E-state index < -0.39 is 5.82 Å². The van der Waals surface area contributed by atoms with E-state index in [-0.39, 0.29) is 5.12 Å². The minimum absolute atomic E-state index is 0.0707. The number of benzene rings is 1. The molecule has 1 rings (SSSR count). The fourth-order valence-electron chi connectivity index (χ4n) is 1.20. The molecule has 0 unspecified atom stereocenters. The zero-order valence-corrected chi connectivity index (χ0v) is 10.7. The zero-order chi connectivity index (χ0) is 12.8. The van der Waals surface area contributed by atoms with E-state index in [0.717, 1.165) is 5.56 Å². The third-order valence-corrected chi connectivity index (χ3v) is 2.93. The lowest BCUT2D eigenvalue weighted by Crippen LogP contribution is -1.93. The number of aryl methyl sites for hydroxylation is 1. The van der Waals surface area contributed by atoms with Gasteiger partial charge in [0.15, 0.2) is 5.12 Å². The Morgan fingerprint density at radius 2 is 2.24 bits per heavy atom. The molecule has 0 fully saturated rings. The number of nitrogens with two attached hydrogens (primary N) is 1. The average Bonchev–Trinajstić information content (AvgIpc) is 2.24. The Balaban J connectivity index is 2.66. The van der Waals surface area contributed by atoms with Crippen LogP contribution in [-0.2, 0) is 4.79 Å². The van der Waals surface area contributed by atoms with E-state index in [9.17, 15) is 9.18 Å². The largest absolute Gasteiger partial charge is 0.398 e. The van der Waals surface area contributed by atoms with Crippen LogP contribution < -0.4 is 5.73 Å². The first-order valence-electron chi connectivity index (χ1n) is 5.18. The van der Waals surface area contributed by atoms with Crippen molar-refractivity contribution in [3.05, 3.63) is 29.1 Å². The van der Waals surface area contributed by atoms with Gasteiger partial charge >= 0.3 is 0 Å². The summed E-state index contributed by atoms with van der Waals surface area (Å²) >= 11 is 1.22. The van der Waals surface area contributed by atoms with Gasteiger partial charge in [-0.25, -0.2) is 4.39 Å². The van der Waals surface area contributed by atoms with Crippen LogP contribution >= 0.6 is 11.8 Å². The number of carbonyl (C=O) groups excluding carboxylic acids is 1. The van der Waals surface area contributed by atoms with E-state index in [1.807, 2.05) is 6.92 Å². The van der Waals surface area contributed by atoms with E-state index in [1.165, 1.54) is 24.8 Å². The maximum absolute atomic E-state index is 13.4. The van der Waals surface area contributed by atoms with Crippen molar-refractivity contribution in [2.24, 2.45) is 0 Å². The second-order valence-electron chi connectivity index (χ2n) is 3.58. The molecule has 17 heavy (non-hydrogen) atoms. The van der Waals surface area contributed by atoms with Crippen LogP contribution in [-0.4, -0.2) is 10.9 Å². The van der Waals surface area contributed by atoms with Gasteiger partial charge in [0.05, 0.1) is 5.56 Å². The SMILES string of the molecule is CC(=O)SCCC#Cc1cc(C)c(N)cc1F. The molecule has 0 aliphatic rings. The van der Waals surface area contributed by atoms with Crippen LogP contribution in [0.5, 0.6) is 0 Å². The molecule has 0 amide bonds. The fourth-order valence-corrected chi connectivity index (χ4v) is 1.69. The molecule has 0 spiro atoms. The molecule has 1 aromatic carbocycles. The summed E-state index contributed by atoms with van der Waals surface area (Å²) in [6.07, 6.45) is 0.563. The Labute approximate surface area is 105 Å². The highest BCUT2D eigenvalue weighted by atomic mass is 32.2. The lowest BCUT2D eigenvalue weighted by molar-refractivity contribution is -0.109. The van der Waals surface area contributed by atoms with Gasteiger partial charge in [-0.15, -0.1) is 0 Å². The summed E-state index contributed by atoms with van der Waals surface area (Å²) in [7, 11) is 0. The molecule has 1 aromatic rings. The smallest absolute Gasteiger partial charge is 0.185 e. The lowest BCUT2D eigenvalue weighted by Gasteiger charge is -2.01. The number of carbonyl (C=O) groups is 1. The first-order valence-corrected chi connectivity index (χ1v) is 6.17. The summed E-state index contributed by atoms with van der Waals surface area (Å²) in [6.45, 7) is 3.33. The maximum Gasteiger partial charge on any atom is 0.185 e. The van der Waals surface area contributed by atoms with Crippen molar-refractivity contribution in [2.45, 2.75) is 20.3 Å². The Morgan fingerprint density at radius 1 is 1.53 bits per heavy atom. The molecule has 0 bridgehead atoms. The summed E-state index contributed by atoms with van der Waals surface area (Å²) < 4.78 is 13.4. The molecule has 90 valence electrons. The minimum atomic E-state index is -0.403. The highest BCUT2D eigenvalue weighted by Gasteiger charge is 2.02.